The van der Waals surface area contributed by atoms with Gasteiger partial charge in [0.2, 0.25) is 0 Å². The van der Waals surface area contributed by atoms with E-state index in [1.807, 2.05) is 17.9 Å². The van der Waals surface area contributed by atoms with Crippen LogP contribution in [0.4, 0.5) is 11.4 Å². The van der Waals surface area contributed by atoms with Gasteiger partial charge in [-0.2, -0.15) is 0 Å². The number of ether oxygens (including phenoxy) is 3. The van der Waals surface area contributed by atoms with Crippen LogP contribution in [0.25, 0.3) is 0 Å². The highest BCUT2D eigenvalue weighted by Gasteiger charge is 2.22. The molecule has 1 fully saturated rings. The minimum absolute atomic E-state index is 0.0363. The van der Waals surface area contributed by atoms with Crippen molar-refractivity contribution in [2.24, 2.45) is 0 Å². The zero-order valence-corrected chi connectivity index (χ0v) is 18.0. The largest absolute Gasteiger partial charge is 0.493 e. The lowest BCUT2D eigenvalue weighted by Gasteiger charge is -2.36. The Bertz CT molecular complexity index is 970. The van der Waals surface area contributed by atoms with E-state index < -0.39 is 10.9 Å². The number of rotatable bonds is 8. The van der Waals surface area contributed by atoms with Gasteiger partial charge >= 0.3 is 5.97 Å². The van der Waals surface area contributed by atoms with Gasteiger partial charge in [0.05, 0.1) is 12.0 Å². The van der Waals surface area contributed by atoms with Gasteiger partial charge in [-0.1, -0.05) is 6.07 Å². The molecule has 0 saturated carbocycles. The monoisotopic (exact) mass is 443 g/mol. The van der Waals surface area contributed by atoms with Gasteiger partial charge in [-0.3, -0.25) is 14.9 Å². The predicted molar refractivity (Wildman–Crippen MR) is 116 cm³/mol. The maximum Gasteiger partial charge on any atom is 0.344 e. The minimum Gasteiger partial charge on any atom is -0.493 e. The summed E-state index contributed by atoms with van der Waals surface area (Å²) < 4.78 is 15.7. The quantitative estimate of drug-likeness (QED) is 0.347. The first kappa shape index (κ1) is 22.9. The molecular formula is C22H25N3O7. The number of methoxy groups -OCH3 is 1. The number of non-ortho nitro benzene ring substituents is 1. The average molecular weight is 443 g/mol. The molecule has 0 radical (unpaired) electrons. The van der Waals surface area contributed by atoms with Crippen LogP contribution in [-0.4, -0.2) is 68.2 Å². The Labute approximate surface area is 185 Å². The summed E-state index contributed by atoms with van der Waals surface area (Å²) in [5.41, 5.74) is 1.89. The van der Waals surface area contributed by atoms with E-state index in [2.05, 4.69) is 0 Å². The molecule has 1 saturated heterocycles. The van der Waals surface area contributed by atoms with Crippen LogP contribution in [0.2, 0.25) is 0 Å². The molecule has 0 bridgehead atoms. The number of aryl methyl sites for hydroxylation is 1. The van der Waals surface area contributed by atoms with Crippen molar-refractivity contribution in [1.82, 2.24) is 4.90 Å². The summed E-state index contributed by atoms with van der Waals surface area (Å²) in [4.78, 5) is 38.3. The molecule has 1 heterocycles. The first-order valence-electron chi connectivity index (χ1n) is 10.1. The van der Waals surface area contributed by atoms with Crippen LogP contribution < -0.4 is 14.4 Å². The van der Waals surface area contributed by atoms with Crippen molar-refractivity contribution in [1.29, 1.82) is 0 Å². The number of esters is 1. The molecule has 10 heteroatoms. The molecule has 0 unspecified atom stereocenters. The summed E-state index contributed by atoms with van der Waals surface area (Å²) in [7, 11) is 1.51. The van der Waals surface area contributed by atoms with E-state index in [9.17, 15) is 19.7 Å². The van der Waals surface area contributed by atoms with E-state index in [0.717, 1.165) is 11.3 Å². The number of hydrogen-bond acceptors (Lipinski definition) is 8. The zero-order valence-electron chi connectivity index (χ0n) is 18.0. The Balaban J connectivity index is 1.41. The summed E-state index contributed by atoms with van der Waals surface area (Å²) in [5.74, 6) is 0.00335. The molecule has 1 aliphatic heterocycles. The van der Waals surface area contributed by atoms with Crippen LogP contribution in [0.5, 0.6) is 11.5 Å². The van der Waals surface area contributed by atoms with Crippen LogP contribution >= 0.6 is 0 Å². The van der Waals surface area contributed by atoms with E-state index in [4.69, 9.17) is 14.2 Å². The highest BCUT2D eigenvalue weighted by Crippen LogP contribution is 2.27. The minimum atomic E-state index is -0.648. The maximum absolute atomic E-state index is 12.4. The van der Waals surface area contributed by atoms with Gasteiger partial charge in [-0.05, 0) is 36.8 Å². The average Bonchev–Trinajstić information content (AvgIpc) is 2.81. The fourth-order valence-corrected chi connectivity index (χ4v) is 3.31. The predicted octanol–water partition coefficient (Wildman–Crippen LogP) is 2.18. The van der Waals surface area contributed by atoms with Crippen LogP contribution in [-0.2, 0) is 14.3 Å². The molecule has 2 aromatic rings. The van der Waals surface area contributed by atoms with Gasteiger partial charge in [0.15, 0.2) is 24.7 Å². The lowest BCUT2D eigenvalue weighted by Crippen LogP contribution is -2.50. The fourth-order valence-electron chi connectivity index (χ4n) is 3.31. The van der Waals surface area contributed by atoms with Crippen molar-refractivity contribution in [2.45, 2.75) is 6.92 Å². The van der Waals surface area contributed by atoms with E-state index in [1.165, 1.54) is 19.2 Å². The van der Waals surface area contributed by atoms with Crippen molar-refractivity contribution in [3.05, 3.63) is 58.1 Å². The standard InChI is InChI=1S/C22H25N3O7/c1-16-3-8-19(20(13-16)30-2)31-15-22(27)32-14-21(26)24-11-9-23(10-12-24)17-4-6-18(7-5-17)25(28)29/h3-8,13H,9-12,14-15H2,1-2H3. The molecule has 2 aromatic carbocycles. The Kier molecular flexibility index (Phi) is 7.48. The summed E-state index contributed by atoms with van der Waals surface area (Å²) in [6, 6.07) is 11.6. The van der Waals surface area contributed by atoms with Crippen molar-refractivity contribution in [3.8, 4) is 11.5 Å². The number of nitrogens with zero attached hydrogens (tertiary/aromatic N) is 3. The molecular weight excluding hydrogens is 418 g/mol. The molecule has 0 atom stereocenters. The number of amides is 1. The molecule has 0 N–H and O–H groups in total. The maximum atomic E-state index is 12.4. The number of hydrogen-bond donors (Lipinski definition) is 0. The highest BCUT2D eigenvalue weighted by atomic mass is 16.6. The normalized spacial score (nSPS) is 13.4. The third kappa shape index (κ3) is 5.87. The SMILES string of the molecule is COc1cc(C)ccc1OCC(=O)OCC(=O)N1CCN(c2ccc([N+](=O)[O-])cc2)CC1. The lowest BCUT2D eigenvalue weighted by atomic mass is 10.2. The second kappa shape index (κ2) is 10.5. The van der Waals surface area contributed by atoms with E-state index in [-0.39, 0.29) is 24.8 Å². The highest BCUT2D eigenvalue weighted by molar-refractivity contribution is 5.81. The number of nitro groups is 1. The molecule has 1 aliphatic rings. The van der Waals surface area contributed by atoms with Gasteiger partial charge in [0.1, 0.15) is 0 Å². The molecule has 10 nitrogen and oxygen atoms in total. The van der Waals surface area contributed by atoms with Crippen LogP contribution in [0.15, 0.2) is 42.5 Å². The Morgan fingerprint density at radius 1 is 1.00 bits per heavy atom. The topological polar surface area (TPSA) is 111 Å². The van der Waals surface area contributed by atoms with Gasteiger partial charge in [0, 0.05) is 44.0 Å². The number of carbonyl (C=O) groups is 2. The fraction of sp³-hybridized carbons (Fsp3) is 0.364. The second-order valence-corrected chi connectivity index (χ2v) is 7.25. The van der Waals surface area contributed by atoms with Crippen molar-refractivity contribution in [2.75, 3.05) is 51.4 Å². The van der Waals surface area contributed by atoms with E-state index >= 15 is 0 Å². The van der Waals surface area contributed by atoms with Crippen LogP contribution in [0.3, 0.4) is 0 Å². The number of piperazine rings is 1. The van der Waals surface area contributed by atoms with Crippen molar-refractivity contribution >= 4 is 23.3 Å². The first-order valence-corrected chi connectivity index (χ1v) is 10.1. The second-order valence-electron chi connectivity index (χ2n) is 7.25. The zero-order chi connectivity index (χ0) is 23.1. The Hall–Kier alpha value is -3.82. The van der Waals surface area contributed by atoms with Gasteiger partial charge < -0.3 is 24.0 Å². The first-order chi connectivity index (χ1) is 15.4. The third-order valence-corrected chi connectivity index (χ3v) is 5.08. The van der Waals surface area contributed by atoms with Gasteiger partial charge in [-0.15, -0.1) is 0 Å². The van der Waals surface area contributed by atoms with E-state index in [1.54, 1.807) is 29.2 Å². The molecule has 0 aliphatic carbocycles. The Morgan fingerprint density at radius 3 is 2.31 bits per heavy atom. The number of carbonyl (C=O) groups excluding carboxylic acids is 2. The molecule has 170 valence electrons. The smallest absolute Gasteiger partial charge is 0.344 e. The third-order valence-electron chi connectivity index (χ3n) is 5.08. The summed E-state index contributed by atoms with van der Waals surface area (Å²) >= 11 is 0. The van der Waals surface area contributed by atoms with E-state index in [0.29, 0.717) is 37.7 Å². The summed E-state index contributed by atoms with van der Waals surface area (Å²) in [5, 5.41) is 10.8. The van der Waals surface area contributed by atoms with Gasteiger partial charge in [-0.25, -0.2) is 4.79 Å². The molecule has 3 rings (SSSR count). The summed E-state index contributed by atoms with van der Waals surface area (Å²) in [6.07, 6.45) is 0. The molecule has 0 aromatic heterocycles. The molecule has 1 amide bonds. The van der Waals surface area contributed by atoms with Crippen molar-refractivity contribution < 1.29 is 28.7 Å². The number of anilines is 1. The molecule has 32 heavy (non-hydrogen) atoms. The summed E-state index contributed by atoms with van der Waals surface area (Å²) in [6.45, 7) is 3.31. The van der Waals surface area contributed by atoms with Crippen molar-refractivity contribution in [3.63, 3.8) is 0 Å². The van der Waals surface area contributed by atoms with Gasteiger partial charge in [0.25, 0.3) is 11.6 Å². The van der Waals surface area contributed by atoms with Crippen LogP contribution in [0, 0.1) is 17.0 Å². The molecule has 0 spiro atoms. The number of benzene rings is 2. The lowest BCUT2D eigenvalue weighted by molar-refractivity contribution is -0.384. The Morgan fingerprint density at radius 2 is 1.69 bits per heavy atom. The van der Waals surface area contributed by atoms with Crippen LogP contribution in [0.1, 0.15) is 5.56 Å². The number of nitro benzene ring substituents is 1.